The van der Waals surface area contributed by atoms with E-state index in [1.54, 1.807) is 6.07 Å². The molecule has 0 aliphatic carbocycles. The zero-order valence-corrected chi connectivity index (χ0v) is 8.98. The molecule has 0 saturated carbocycles. The van der Waals surface area contributed by atoms with Crippen molar-refractivity contribution in [3.8, 4) is 0 Å². The Morgan fingerprint density at radius 1 is 1.62 bits per heavy atom. The number of hydrogen-bond donors (Lipinski definition) is 1. The van der Waals surface area contributed by atoms with Gasteiger partial charge in [-0.25, -0.2) is 8.42 Å². The van der Waals surface area contributed by atoms with Crippen LogP contribution in [0.1, 0.15) is 31.2 Å². The molecule has 4 nitrogen and oxygen atoms in total. The summed E-state index contributed by atoms with van der Waals surface area (Å²) >= 11 is 0. The maximum absolute atomic E-state index is 10.7. The van der Waals surface area contributed by atoms with Gasteiger partial charge < -0.3 is 0 Å². The SMILES string of the molecule is CC(C)c1cc(CS(=O)(=O)Cl)[nH]n1. The first-order valence-electron chi connectivity index (χ1n) is 3.85. The molecular weight excluding hydrogens is 212 g/mol. The summed E-state index contributed by atoms with van der Waals surface area (Å²) in [6, 6.07) is 1.71. The first kappa shape index (κ1) is 10.5. The number of aromatic amines is 1. The predicted octanol–water partition coefficient (Wildman–Crippen LogP) is 1.60. The molecule has 6 heteroatoms. The maximum atomic E-state index is 10.7. The number of nitrogens with zero attached hydrogens (tertiary/aromatic N) is 1. The van der Waals surface area contributed by atoms with E-state index in [2.05, 4.69) is 10.2 Å². The van der Waals surface area contributed by atoms with Crippen molar-refractivity contribution in [3.63, 3.8) is 0 Å². The third kappa shape index (κ3) is 3.36. The molecule has 1 rings (SSSR count). The molecule has 13 heavy (non-hydrogen) atoms. The Kier molecular flexibility index (Phi) is 2.98. The molecule has 0 saturated heterocycles. The molecular formula is C7H11ClN2O2S. The van der Waals surface area contributed by atoms with Gasteiger partial charge in [0.2, 0.25) is 9.05 Å². The van der Waals surface area contributed by atoms with Gasteiger partial charge in [-0.15, -0.1) is 0 Å². The van der Waals surface area contributed by atoms with Gasteiger partial charge >= 0.3 is 0 Å². The summed E-state index contributed by atoms with van der Waals surface area (Å²) in [7, 11) is 1.59. The number of H-pyrrole nitrogens is 1. The van der Waals surface area contributed by atoms with E-state index in [0.29, 0.717) is 5.69 Å². The highest BCUT2D eigenvalue weighted by atomic mass is 35.7. The molecule has 0 aliphatic rings. The van der Waals surface area contributed by atoms with Crippen molar-refractivity contribution in [3.05, 3.63) is 17.5 Å². The van der Waals surface area contributed by atoms with Gasteiger partial charge in [0.25, 0.3) is 0 Å². The van der Waals surface area contributed by atoms with E-state index in [1.807, 2.05) is 13.8 Å². The highest BCUT2D eigenvalue weighted by Gasteiger charge is 2.11. The van der Waals surface area contributed by atoms with Crippen molar-refractivity contribution in [2.24, 2.45) is 0 Å². The molecule has 1 aromatic heterocycles. The summed E-state index contributed by atoms with van der Waals surface area (Å²) in [6.45, 7) is 3.96. The van der Waals surface area contributed by atoms with Gasteiger partial charge in [0, 0.05) is 10.7 Å². The molecule has 0 aromatic carbocycles. The van der Waals surface area contributed by atoms with Gasteiger partial charge in [-0.3, -0.25) is 5.10 Å². The van der Waals surface area contributed by atoms with E-state index in [-0.39, 0.29) is 11.7 Å². The summed E-state index contributed by atoms with van der Waals surface area (Å²) in [6.07, 6.45) is 0. The van der Waals surface area contributed by atoms with Crippen LogP contribution in [0.2, 0.25) is 0 Å². The lowest BCUT2D eigenvalue weighted by Crippen LogP contribution is -1.94. The second-order valence-corrected chi connectivity index (χ2v) is 5.93. The van der Waals surface area contributed by atoms with Crippen LogP contribution in [0.5, 0.6) is 0 Å². The van der Waals surface area contributed by atoms with Crippen molar-refractivity contribution in [1.29, 1.82) is 0 Å². The van der Waals surface area contributed by atoms with Crippen LogP contribution in [-0.4, -0.2) is 18.6 Å². The highest BCUT2D eigenvalue weighted by molar-refractivity contribution is 8.13. The summed E-state index contributed by atoms with van der Waals surface area (Å²) in [5.74, 6) is 0.0805. The molecule has 0 amide bonds. The molecule has 0 atom stereocenters. The standard InChI is InChI=1S/C7H11ClN2O2S/c1-5(2)7-3-6(9-10-7)4-13(8,11)12/h3,5H,4H2,1-2H3,(H,9,10). The van der Waals surface area contributed by atoms with Crippen LogP contribution in [0.25, 0.3) is 0 Å². The minimum atomic E-state index is -3.49. The lowest BCUT2D eigenvalue weighted by atomic mass is 10.1. The third-order valence-electron chi connectivity index (χ3n) is 1.57. The van der Waals surface area contributed by atoms with E-state index in [0.717, 1.165) is 5.69 Å². The molecule has 0 spiro atoms. The number of rotatable bonds is 3. The molecule has 74 valence electrons. The Balaban J connectivity index is 2.81. The van der Waals surface area contributed by atoms with Crippen molar-refractivity contribution < 1.29 is 8.42 Å². The average Bonchev–Trinajstić information content (AvgIpc) is 2.31. The first-order valence-corrected chi connectivity index (χ1v) is 6.33. The van der Waals surface area contributed by atoms with E-state index in [1.165, 1.54) is 0 Å². The van der Waals surface area contributed by atoms with Gasteiger partial charge in [-0.1, -0.05) is 13.8 Å². The Morgan fingerprint density at radius 3 is 2.62 bits per heavy atom. The number of nitrogens with one attached hydrogen (secondary N) is 1. The second-order valence-electron chi connectivity index (χ2n) is 3.16. The monoisotopic (exact) mass is 222 g/mol. The second kappa shape index (κ2) is 3.67. The Morgan fingerprint density at radius 2 is 2.23 bits per heavy atom. The number of hydrogen-bond acceptors (Lipinski definition) is 3. The summed E-state index contributed by atoms with van der Waals surface area (Å²) in [5, 5.41) is 6.58. The highest BCUT2D eigenvalue weighted by Crippen LogP contribution is 2.14. The average molecular weight is 223 g/mol. The molecule has 0 fully saturated rings. The van der Waals surface area contributed by atoms with Crippen LogP contribution in [0, 0.1) is 0 Å². The van der Waals surface area contributed by atoms with Gasteiger partial charge in [0.15, 0.2) is 0 Å². The molecule has 1 aromatic rings. The van der Waals surface area contributed by atoms with Crippen molar-refractivity contribution in [1.82, 2.24) is 10.2 Å². The van der Waals surface area contributed by atoms with Crippen LogP contribution >= 0.6 is 10.7 Å². The minimum absolute atomic E-state index is 0.200. The van der Waals surface area contributed by atoms with E-state index in [9.17, 15) is 8.42 Å². The fourth-order valence-electron chi connectivity index (χ4n) is 0.935. The normalized spacial score (nSPS) is 12.3. The lowest BCUT2D eigenvalue weighted by Gasteiger charge is -1.94. The summed E-state index contributed by atoms with van der Waals surface area (Å²) < 4.78 is 21.4. The third-order valence-corrected chi connectivity index (χ3v) is 2.55. The molecule has 0 aliphatic heterocycles. The topological polar surface area (TPSA) is 62.8 Å². The summed E-state index contributed by atoms with van der Waals surface area (Å²) in [5.41, 5.74) is 1.37. The molecule has 0 radical (unpaired) electrons. The van der Waals surface area contributed by atoms with Gasteiger partial charge in [0.1, 0.15) is 5.75 Å². The van der Waals surface area contributed by atoms with Crippen molar-refractivity contribution in [2.75, 3.05) is 0 Å². The van der Waals surface area contributed by atoms with Crippen LogP contribution in [0.15, 0.2) is 6.07 Å². The smallest absolute Gasteiger partial charge is 0.238 e. The fraction of sp³-hybridized carbons (Fsp3) is 0.571. The summed E-state index contributed by atoms with van der Waals surface area (Å²) in [4.78, 5) is 0. The van der Waals surface area contributed by atoms with Crippen LogP contribution in [-0.2, 0) is 14.8 Å². The first-order chi connectivity index (χ1) is 5.88. The quantitative estimate of drug-likeness (QED) is 0.791. The number of aromatic nitrogens is 2. The maximum Gasteiger partial charge on any atom is 0.238 e. The molecule has 1 heterocycles. The van der Waals surface area contributed by atoms with E-state index >= 15 is 0 Å². The Labute approximate surface area is 81.7 Å². The van der Waals surface area contributed by atoms with Crippen LogP contribution in [0.3, 0.4) is 0 Å². The largest absolute Gasteiger partial charge is 0.281 e. The number of halogens is 1. The molecule has 1 N–H and O–H groups in total. The fourth-order valence-corrected chi connectivity index (χ4v) is 1.81. The van der Waals surface area contributed by atoms with Gasteiger partial charge in [-0.05, 0) is 12.0 Å². The zero-order valence-electron chi connectivity index (χ0n) is 7.41. The lowest BCUT2D eigenvalue weighted by molar-refractivity contribution is 0.608. The van der Waals surface area contributed by atoms with Crippen LogP contribution < -0.4 is 0 Å². The predicted molar refractivity (Wildman–Crippen MR) is 51.2 cm³/mol. The van der Waals surface area contributed by atoms with E-state index in [4.69, 9.17) is 10.7 Å². The van der Waals surface area contributed by atoms with Gasteiger partial charge in [0.05, 0.1) is 11.4 Å². The van der Waals surface area contributed by atoms with Gasteiger partial charge in [-0.2, -0.15) is 5.10 Å². The molecule has 0 bridgehead atoms. The molecule has 0 unspecified atom stereocenters. The van der Waals surface area contributed by atoms with Crippen LogP contribution in [0.4, 0.5) is 0 Å². The van der Waals surface area contributed by atoms with E-state index < -0.39 is 9.05 Å². The zero-order chi connectivity index (χ0) is 10.1. The van der Waals surface area contributed by atoms with Crippen molar-refractivity contribution in [2.45, 2.75) is 25.5 Å². The van der Waals surface area contributed by atoms with Crippen molar-refractivity contribution >= 4 is 19.7 Å². The minimum Gasteiger partial charge on any atom is -0.281 e. The Bertz CT molecular complexity index is 383. The Hall–Kier alpha value is -0.550.